The number of thiazole rings is 2. The molecule has 5 heterocycles. The molecule has 1 fully saturated rings. The van der Waals surface area contributed by atoms with Crippen molar-refractivity contribution < 1.29 is 29.3 Å². The van der Waals surface area contributed by atoms with Crippen LogP contribution in [0.5, 0.6) is 0 Å². The average Bonchev–Trinajstić information content (AvgIpc) is 3.55. The van der Waals surface area contributed by atoms with Crippen LogP contribution < -0.4 is 20.7 Å². The number of thioether (sulfide) groups is 1. The number of carboxylic acid groups (broad SMARTS) is 1. The summed E-state index contributed by atoms with van der Waals surface area (Å²) < 4.78 is 1.82. The highest BCUT2D eigenvalue weighted by Crippen LogP contribution is 2.40. The number of anilines is 1. The second-order valence-corrected chi connectivity index (χ2v) is 10.6. The molecule has 2 amide bonds. The van der Waals surface area contributed by atoms with Gasteiger partial charge in [0.25, 0.3) is 11.8 Å². The second kappa shape index (κ2) is 9.67. The number of aliphatic carboxylic acids is 1. The fraction of sp³-hybridized carbons (Fsp3) is 0.190. The van der Waals surface area contributed by atoms with Crippen molar-refractivity contribution in [3.8, 4) is 10.4 Å². The van der Waals surface area contributed by atoms with E-state index in [4.69, 9.17) is 5.73 Å². The predicted molar refractivity (Wildman–Crippen MR) is 130 cm³/mol. The zero-order chi connectivity index (χ0) is 25.4. The van der Waals surface area contributed by atoms with E-state index >= 15 is 0 Å². The summed E-state index contributed by atoms with van der Waals surface area (Å²) in [5.74, 6) is -2.58. The van der Waals surface area contributed by atoms with Crippen LogP contribution in [-0.2, 0) is 20.9 Å². The molecule has 2 aliphatic heterocycles. The maximum atomic E-state index is 12.9. The molecule has 4 N–H and O–H groups in total. The number of carbonyl (C=O) groups is 3. The van der Waals surface area contributed by atoms with Crippen LogP contribution in [0, 0.1) is 0 Å². The smallest absolute Gasteiger partial charge is 0.276 e. The maximum absolute atomic E-state index is 12.9. The number of nitrogens with one attached hydrogen (secondary N) is 1. The topological polar surface area (TPSA) is 178 Å². The number of hydrogen-bond donors (Lipinski definition) is 3. The number of nitrogen functional groups attached to an aromatic ring is 1. The summed E-state index contributed by atoms with van der Waals surface area (Å²) >= 11 is 3.90. The van der Waals surface area contributed by atoms with Crippen LogP contribution in [0.25, 0.3) is 10.4 Å². The number of amides is 2. The number of hydrogen-bond acceptors (Lipinski definition) is 12. The van der Waals surface area contributed by atoms with Gasteiger partial charge in [-0.3, -0.25) is 19.5 Å². The fourth-order valence-electron chi connectivity index (χ4n) is 3.92. The molecule has 0 unspecified atom stereocenters. The highest BCUT2D eigenvalue weighted by molar-refractivity contribution is 8.00. The Morgan fingerprint density at radius 1 is 1.33 bits per heavy atom. The van der Waals surface area contributed by atoms with Crippen LogP contribution in [0.4, 0.5) is 5.13 Å². The van der Waals surface area contributed by atoms with Gasteiger partial charge in [-0.25, -0.2) is 9.55 Å². The Labute approximate surface area is 215 Å². The number of pyridine rings is 1. The average molecular weight is 544 g/mol. The predicted octanol–water partition coefficient (Wildman–Crippen LogP) is -0.581. The number of nitrogens with zero attached hydrogens (tertiary/aromatic N) is 5. The summed E-state index contributed by atoms with van der Waals surface area (Å²) in [5, 5.41) is 27.8. The molecule has 0 aromatic carbocycles. The second-order valence-electron chi connectivity index (χ2n) is 7.74. The molecule has 3 aromatic heterocycles. The molecule has 1 saturated heterocycles. The third-order valence-electron chi connectivity index (χ3n) is 5.59. The number of nitrogens with two attached hydrogens (primary N) is 1. The summed E-state index contributed by atoms with van der Waals surface area (Å²) in [7, 11) is 0. The van der Waals surface area contributed by atoms with Crippen molar-refractivity contribution in [3.05, 3.63) is 58.6 Å². The Bertz CT molecular complexity index is 1400. The third-order valence-corrected chi connectivity index (χ3v) is 8.42. The Balaban J connectivity index is 1.32. The lowest BCUT2D eigenvalue weighted by atomic mass is 10.0. The summed E-state index contributed by atoms with van der Waals surface area (Å²) in [6.45, 7) is 0.249. The van der Waals surface area contributed by atoms with Crippen molar-refractivity contribution in [3.63, 3.8) is 0 Å². The molecule has 36 heavy (non-hydrogen) atoms. The van der Waals surface area contributed by atoms with Crippen molar-refractivity contribution in [2.24, 2.45) is 5.16 Å². The van der Waals surface area contributed by atoms with Gasteiger partial charge in [0.15, 0.2) is 29.8 Å². The first-order chi connectivity index (χ1) is 17.4. The monoisotopic (exact) mass is 543 g/mol. The summed E-state index contributed by atoms with van der Waals surface area (Å²) in [6.07, 6.45) is 5.42. The first-order valence-corrected chi connectivity index (χ1v) is 13.2. The van der Waals surface area contributed by atoms with Gasteiger partial charge in [-0.05, 0) is 0 Å². The quantitative estimate of drug-likeness (QED) is 0.116. The number of β-lactam (4-membered cyclic amide) rings is 1. The molecule has 0 radical (unpaired) electrons. The highest BCUT2D eigenvalue weighted by Gasteiger charge is 2.53. The van der Waals surface area contributed by atoms with Crippen LogP contribution in [0.1, 0.15) is 5.69 Å². The molecule has 0 bridgehead atoms. The lowest BCUT2D eigenvalue weighted by Gasteiger charge is -2.50. The molecule has 12 nitrogen and oxygen atoms in total. The molecule has 0 saturated carbocycles. The number of fused-ring (bicyclic) bond motifs is 1. The Morgan fingerprint density at radius 3 is 2.72 bits per heavy atom. The van der Waals surface area contributed by atoms with Crippen LogP contribution in [0.3, 0.4) is 0 Å². The Morgan fingerprint density at radius 2 is 2.11 bits per heavy atom. The van der Waals surface area contributed by atoms with Crippen molar-refractivity contribution in [2.75, 3.05) is 11.5 Å². The molecule has 0 aliphatic carbocycles. The van der Waals surface area contributed by atoms with Crippen molar-refractivity contribution in [1.82, 2.24) is 20.2 Å². The molecule has 3 aromatic rings. The first-order valence-electron chi connectivity index (χ1n) is 10.4. The van der Waals surface area contributed by atoms with Crippen LogP contribution in [-0.4, -0.2) is 60.7 Å². The van der Waals surface area contributed by atoms with Gasteiger partial charge in [-0.15, -0.1) is 34.4 Å². The van der Waals surface area contributed by atoms with E-state index in [1.54, 1.807) is 11.7 Å². The van der Waals surface area contributed by atoms with Gasteiger partial charge in [0, 0.05) is 40.6 Å². The molecule has 5 rings (SSSR count). The SMILES string of the molecule is Nc1nc(C(=NO)C(=O)N[C@@H]2C(=O)N3C(C(=O)[O-])=C(C[n+]4ccc(-c5cncs5)cc4)CS[C@@H]23)cs1. The van der Waals surface area contributed by atoms with E-state index in [0.717, 1.165) is 26.7 Å². The fourth-order valence-corrected chi connectivity index (χ4v) is 6.43. The molecule has 2 aliphatic rings. The molecule has 15 heteroatoms. The largest absolute Gasteiger partial charge is 0.543 e. The van der Waals surface area contributed by atoms with E-state index in [1.165, 1.54) is 28.5 Å². The van der Waals surface area contributed by atoms with E-state index < -0.39 is 34.9 Å². The number of carboxylic acids is 1. The Hall–Kier alpha value is -3.82. The number of carbonyl (C=O) groups excluding carboxylic acids is 3. The molecular formula is C21H17N7O5S3. The van der Waals surface area contributed by atoms with Crippen molar-refractivity contribution in [2.45, 2.75) is 18.0 Å². The van der Waals surface area contributed by atoms with Crippen LogP contribution in [0.2, 0.25) is 0 Å². The number of aromatic nitrogens is 3. The zero-order valence-corrected chi connectivity index (χ0v) is 20.7. The van der Waals surface area contributed by atoms with Gasteiger partial charge in [0.1, 0.15) is 17.1 Å². The van der Waals surface area contributed by atoms with E-state index in [1.807, 2.05) is 29.1 Å². The van der Waals surface area contributed by atoms with E-state index in [9.17, 15) is 24.7 Å². The normalized spacial score (nSPS) is 19.6. The van der Waals surface area contributed by atoms with E-state index in [0.29, 0.717) is 11.3 Å². The van der Waals surface area contributed by atoms with Gasteiger partial charge in [0.05, 0.1) is 22.1 Å². The van der Waals surface area contributed by atoms with Crippen LogP contribution >= 0.6 is 34.4 Å². The number of oxime groups is 1. The Kier molecular flexibility index (Phi) is 6.42. The molecular weight excluding hydrogens is 526 g/mol. The molecule has 2 atom stereocenters. The van der Waals surface area contributed by atoms with Gasteiger partial charge >= 0.3 is 0 Å². The van der Waals surface area contributed by atoms with E-state index in [2.05, 4.69) is 20.4 Å². The maximum Gasteiger partial charge on any atom is 0.276 e. The lowest BCUT2D eigenvalue weighted by Crippen LogP contribution is -2.71. The minimum Gasteiger partial charge on any atom is -0.543 e. The summed E-state index contributed by atoms with van der Waals surface area (Å²) in [5.41, 5.74) is 8.28. The third kappa shape index (κ3) is 4.31. The van der Waals surface area contributed by atoms with E-state index in [-0.39, 0.29) is 23.1 Å². The molecule has 184 valence electrons. The van der Waals surface area contributed by atoms with Gasteiger partial charge in [-0.2, -0.15) is 0 Å². The molecule has 0 spiro atoms. The first kappa shape index (κ1) is 23.9. The summed E-state index contributed by atoms with van der Waals surface area (Å²) in [6, 6.07) is 2.81. The standard InChI is InChI=1S/C21H17N7O5S3/c22-21-24-12(8-35-21)14(26-33)17(29)25-15-18(30)28-16(20(31)32)11(7-34-19(15)28)6-27-3-1-10(2-4-27)13-5-23-9-36-13/h1-5,8-9,15,19H,6-7H2,(H4-,22,24,25,29,31,32,33)/t15-,19+/m1/s1. The minimum absolute atomic E-state index is 0.0633. The van der Waals surface area contributed by atoms with Crippen LogP contribution in [0.15, 0.2) is 58.0 Å². The van der Waals surface area contributed by atoms with Crippen molar-refractivity contribution in [1.29, 1.82) is 0 Å². The van der Waals surface area contributed by atoms with Gasteiger partial charge in [-0.1, -0.05) is 5.16 Å². The highest BCUT2D eigenvalue weighted by atomic mass is 32.2. The van der Waals surface area contributed by atoms with Crippen molar-refractivity contribution >= 4 is 63.1 Å². The zero-order valence-electron chi connectivity index (χ0n) is 18.2. The van der Waals surface area contributed by atoms with Gasteiger partial charge < -0.3 is 26.2 Å². The van der Waals surface area contributed by atoms with Gasteiger partial charge in [0.2, 0.25) is 0 Å². The lowest BCUT2D eigenvalue weighted by molar-refractivity contribution is -0.689. The number of rotatable bonds is 7. The summed E-state index contributed by atoms with van der Waals surface area (Å²) in [4.78, 5) is 47.7. The minimum atomic E-state index is -1.47.